The van der Waals surface area contributed by atoms with Crippen LogP contribution in [0.15, 0.2) is 60.9 Å². The number of halogens is 4. The first-order valence-corrected chi connectivity index (χ1v) is 10.8. The molecule has 164 valence electrons. The number of aromatic nitrogens is 4. The van der Waals surface area contributed by atoms with Crippen molar-refractivity contribution < 1.29 is 9.53 Å². The molecule has 2 heterocycles. The largest absolute Gasteiger partial charge is 0.471 e. The molecule has 2 aromatic carbocycles. The molecule has 0 aliphatic rings. The predicted octanol–water partition coefficient (Wildman–Crippen LogP) is 6.03. The zero-order valence-electron chi connectivity index (χ0n) is 16.3. The molecule has 4 rings (SSSR count). The molecule has 0 radical (unpaired) electrons. The van der Waals surface area contributed by atoms with Gasteiger partial charge in [0.1, 0.15) is 10.8 Å². The van der Waals surface area contributed by atoms with Crippen molar-refractivity contribution in [3.05, 3.63) is 92.3 Å². The second-order valence-corrected chi connectivity index (χ2v) is 8.37. The van der Waals surface area contributed by atoms with Crippen LogP contribution in [0, 0.1) is 0 Å². The molecule has 0 aliphatic carbocycles. The molecule has 32 heavy (non-hydrogen) atoms. The van der Waals surface area contributed by atoms with E-state index in [0.717, 1.165) is 5.56 Å². The lowest BCUT2D eigenvalue weighted by molar-refractivity contribution is 0.101. The Morgan fingerprint density at radius 1 is 0.938 bits per heavy atom. The number of nitrogens with zero attached hydrogens (tertiary/aromatic N) is 4. The Hall–Kier alpha value is -2.71. The van der Waals surface area contributed by atoms with Crippen molar-refractivity contribution in [2.75, 3.05) is 5.32 Å². The maximum Gasteiger partial charge on any atom is 0.277 e. The summed E-state index contributed by atoms with van der Waals surface area (Å²) in [5.74, 6) is 0.353. The molecule has 0 fully saturated rings. The SMILES string of the molecule is O=C(Nc1nn(Cc2ccc(Cl)cc2Cl)cc1Cl)c1ccn(COc2cccc(Cl)c2)n1. The van der Waals surface area contributed by atoms with Crippen molar-refractivity contribution in [3.63, 3.8) is 0 Å². The quantitative estimate of drug-likeness (QED) is 0.329. The van der Waals surface area contributed by atoms with Gasteiger partial charge in [0.15, 0.2) is 18.2 Å². The van der Waals surface area contributed by atoms with Crippen molar-refractivity contribution >= 4 is 58.1 Å². The summed E-state index contributed by atoms with van der Waals surface area (Å²) in [5.41, 5.74) is 0.998. The van der Waals surface area contributed by atoms with Gasteiger partial charge in [-0.2, -0.15) is 10.2 Å². The van der Waals surface area contributed by atoms with E-state index in [0.29, 0.717) is 27.4 Å². The third-order valence-corrected chi connectivity index (χ3v) is 5.43. The van der Waals surface area contributed by atoms with E-state index in [2.05, 4.69) is 15.5 Å². The first kappa shape index (κ1) is 22.5. The monoisotopic (exact) mass is 509 g/mol. The molecule has 0 aliphatic heterocycles. The Morgan fingerprint density at radius 3 is 2.53 bits per heavy atom. The second kappa shape index (κ2) is 9.83. The van der Waals surface area contributed by atoms with Crippen LogP contribution in [0.25, 0.3) is 0 Å². The molecular formula is C21H15Cl4N5O2. The lowest BCUT2D eigenvalue weighted by Crippen LogP contribution is -2.15. The van der Waals surface area contributed by atoms with Crippen molar-refractivity contribution in [1.82, 2.24) is 19.6 Å². The Kier molecular flexibility index (Phi) is 6.91. The first-order chi connectivity index (χ1) is 15.4. The predicted molar refractivity (Wildman–Crippen MR) is 125 cm³/mol. The van der Waals surface area contributed by atoms with E-state index in [1.165, 1.54) is 4.68 Å². The summed E-state index contributed by atoms with van der Waals surface area (Å²) in [6.07, 6.45) is 3.22. The summed E-state index contributed by atoms with van der Waals surface area (Å²) in [4.78, 5) is 12.6. The van der Waals surface area contributed by atoms with Crippen molar-refractivity contribution in [3.8, 4) is 5.75 Å². The van der Waals surface area contributed by atoms with Crippen LogP contribution in [-0.2, 0) is 13.3 Å². The maximum absolute atomic E-state index is 12.6. The summed E-state index contributed by atoms with van der Waals surface area (Å²) in [7, 11) is 0. The van der Waals surface area contributed by atoms with Crippen molar-refractivity contribution in [1.29, 1.82) is 0 Å². The average Bonchev–Trinajstić information content (AvgIpc) is 3.35. The minimum atomic E-state index is -0.455. The molecule has 0 saturated heterocycles. The zero-order chi connectivity index (χ0) is 22.7. The van der Waals surface area contributed by atoms with Gasteiger partial charge >= 0.3 is 0 Å². The number of rotatable bonds is 7. The van der Waals surface area contributed by atoms with Gasteiger partial charge in [-0.3, -0.25) is 9.48 Å². The van der Waals surface area contributed by atoms with Crippen LogP contribution < -0.4 is 10.1 Å². The highest BCUT2D eigenvalue weighted by Gasteiger charge is 2.15. The lowest BCUT2D eigenvalue weighted by Gasteiger charge is -2.06. The molecule has 0 unspecified atom stereocenters. The molecular weight excluding hydrogens is 496 g/mol. The number of carbonyl (C=O) groups is 1. The minimum absolute atomic E-state index is 0.116. The van der Waals surface area contributed by atoms with Gasteiger partial charge in [0.25, 0.3) is 5.91 Å². The minimum Gasteiger partial charge on any atom is -0.471 e. The highest BCUT2D eigenvalue weighted by Crippen LogP contribution is 2.24. The van der Waals surface area contributed by atoms with Gasteiger partial charge in [-0.05, 0) is 42.0 Å². The fraction of sp³-hybridized carbons (Fsp3) is 0.0952. The Morgan fingerprint density at radius 2 is 1.75 bits per heavy atom. The van der Waals surface area contributed by atoms with Gasteiger partial charge in [0, 0.05) is 27.5 Å². The van der Waals surface area contributed by atoms with Gasteiger partial charge in [-0.15, -0.1) is 0 Å². The Bertz CT molecular complexity index is 1270. The standard InChI is InChI=1S/C21H15Cl4N5O2/c22-14-2-1-3-16(8-14)32-12-29-7-6-19(27-29)21(31)26-20-18(25)11-30(28-20)10-13-4-5-15(23)9-17(13)24/h1-9,11H,10,12H2,(H,26,28,31). The number of carbonyl (C=O) groups excluding carboxylic acids is 1. The number of ether oxygens (including phenoxy) is 1. The molecule has 0 bridgehead atoms. The smallest absolute Gasteiger partial charge is 0.277 e. The number of nitrogens with one attached hydrogen (secondary N) is 1. The van der Waals surface area contributed by atoms with E-state index in [4.69, 9.17) is 51.1 Å². The molecule has 11 heteroatoms. The van der Waals surface area contributed by atoms with E-state index in [-0.39, 0.29) is 23.3 Å². The fourth-order valence-corrected chi connectivity index (χ4v) is 3.66. The molecule has 0 atom stereocenters. The van der Waals surface area contributed by atoms with E-state index >= 15 is 0 Å². The zero-order valence-corrected chi connectivity index (χ0v) is 19.3. The third kappa shape index (κ3) is 5.55. The highest BCUT2D eigenvalue weighted by molar-refractivity contribution is 6.35. The second-order valence-electron chi connectivity index (χ2n) is 6.68. The normalized spacial score (nSPS) is 10.9. The van der Waals surface area contributed by atoms with Crippen LogP contribution in [0.5, 0.6) is 5.75 Å². The Labute approximate surface area is 203 Å². The summed E-state index contributed by atoms with van der Waals surface area (Å²) in [5, 5.41) is 13.1. The summed E-state index contributed by atoms with van der Waals surface area (Å²) >= 11 is 24.3. The lowest BCUT2D eigenvalue weighted by atomic mass is 10.2. The third-order valence-electron chi connectivity index (χ3n) is 4.33. The molecule has 4 aromatic rings. The summed E-state index contributed by atoms with van der Waals surface area (Å²) in [6.45, 7) is 0.478. The molecule has 0 saturated carbocycles. The van der Waals surface area contributed by atoms with E-state index in [1.54, 1.807) is 65.6 Å². The van der Waals surface area contributed by atoms with Gasteiger partial charge in [-0.25, -0.2) is 4.68 Å². The number of anilines is 1. The summed E-state index contributed by atoms with van der Waals surface area (Å²) < 4.78 is 8.67. The van der Waals surface area contributed by atoms with E-state index < -0.39 is 5.91 Å². The maximum atomic E-state index is 12.6. The highest BCUT2D eigenvalue weighted by atomic mass is 35.5. The molecule has 2 aromatic heterocycles. The molecule has 0 spiro atoms. The Balaban J connectivity index is 1.39. The van der Waals surface area contributed by atoms with E-state index in [1.807, 2.05) is 0 Å². The van der Waals surface area contributed by atoms with Gasteiger partial charge in [-0.1, -0.05) is 58.5 Å². The number of amides is 1. The van der Waals surface area contributed by atoms with Crippen LogP contribution in [-0.4, -0.2) is 25.5 Å². The number of hydrogen-bond donors (Lipinski definition) is 1. The van der Waals surface area contributed by atoms with Gasteiger partial charge in [0.05, 0.1) is 6.54 Å². The van der Waals surface area contributed by atoms with Crippen LogP contribution in [0.4, 0.5) is 5.82 Å². The topological polar surface area (TPSA) is 74.0 Å². The van der Waals surface area contributed by atoms with Crippen LogP contribution in [0.3, 0.4) is 0 Å². The fourth-order valence-electron chi connectivity index (χ4n) is 2.81. The van der Waals surface area contributed by atoms with Crippen LogP contribution in [0.1, 0.15) is 16.1 Å². The van der Waals surface area contributed by atoms with Crippen LogP contribution in [0.2, 0.25) is 20.1 Å². The number of benzene rings is 2. The first-order valence-electron chi connectivity index (χ1n) is 9.27. The van der Waals surface area contributed by atoms with Crippen molar-refractivity contribution in [2.45, 2.75) is 13.3 Å². The molecule has 1 amide bonds. The number of hydrogen-bond acceptors (Lipinski definition) is 4. The average molecular weight is 511 g/mol. The van der Waals surface area contributed by atoms with E-state index in [9.17, 15) is 4.79 Å². The van der Waals surface area contributed by atoms with Gasteiger partial charge in [0.2, 0.25) is 0 Å². The molecule has 7 nitrogen and oxygen atoms in total. The van der Waals surface area contributed by atoms with Gasteiger partial charge < -0.3 is 10.1 Å². The van der Waals surface area contributed by atoms with Crippen LogP contribution >= 0.6 is 46.4 Å². The molecule has 1 N–H and O–H groups in total. The van der Waals surface area contributed by atoms with Crippen molar-refractivity contribution in [2.24, 2.45) is 0 Å². The summed E-state index contributed by atoms with van der Waals surface area (Å²) in [6, 6.07) is 13.8.